The van der Waals surface area contributed by atoms with Gasteiger partial charge in [-0.15, -0.1) is 5.06 Å². The molecule has 3 atom stereocenters. The summed E-state index contributed by atoms with van der Waals surface area (Å²) in [6.45, 7) is 3.24. The van der Waals surface area contributed by atoms with Crippen LogP contribution in [0.3, 0.4) is 0 Å². The number of amides is 1. The molecule has 2 fully saturated rings. The van der Waals surface area contributed by atoms with Gasteiger partial charge < -0.3 is 9.94 Å². The summed E-state index contributed by atoms with van der Waals surface area (Å²) < 4.78 is 7.26. The normalized spacial score (nSPS) is 28.4. The average Bonchev–Trinajstić information content (AvgIpc) is 3.33. The van der Waals surface area contributed by atoms with E-state index in [0.717, 1.165) is 5.06 Å². The van der Waals surface area contributed by atoms with Crippen LogP contribution in [0, 0.1) is 0 Å². The molecule has 2 saturated heterocycles. The zero-order chi connectivity index (χ0) is 22.4. The number of ether oxygens (including phenoxy) is 1. The van der Waals surface area contributed by atoms with Crippen LogP contribution in [0.5, 0.6) is 0 Å². The Morgan fingerprint density at radius 2 is 1.78 bits per heavy atom. The van der Waals surface area contributed by atoms with Gasteiger partial charge in [-0.1, -0.05) is 30.3 Å². The number of rotatable bonds is 1. The minimum Gasteiger partial charge on any atom is -0.449 e. The zero-order valence-corrected chi connectivity index (χ0v) is 17.4. The molecule has 1 amide bonds. The largest absolute Gasteiger partial charge is 0.449 e. The van der Waals surface area contributed by atoms with Crippen molar-refractivity contribution in [1.29, 1.82) is 0 Å². The van der Waals surface area contributed by atoms with Crippen molar-refractivity contribution in [2.75, 3.05) is 4.90 Å². The Labute approximate surface area is 182 Å². The van der Waals surface area contributed by atoms with Crippen molar-refractivity contribution < 1.29 is 19.5 Å². The molecule has 6 rings (SSSR count). The predicted octanol–water partition coefficient (Wildman–Crippen LogP) is 1.94. The van der Waals surface area contributed by atoms with E-state index in [1.165, 1.54) is 15.8 Å². The molecule has 1 N–H and O–H groups in total. The highest BCUT2D eigenvalue weighted by atomic mass is 16.6. The Hall–Kier alpha value is -3.56. The summed E-state index contributed by atoms with van der Waals surface area (Å²) in [4.78, 5) is 45.3. The molecule has 3 aromatic rings. The van der Waals surface area contributed by atoms with E-state index in [2.05, 4.69) is 4.98 Å². The number of hydroxylamine groups is 2. The second kappa shape index (κ2) is 6.02. The van der Waals surface area contributed by atoms with Gasteiger partial charge in [0.1, 0.15) is 11.6 Å². The van der Waals surface area contributed by atoms with Gasteiger partial charge in [-0.2, -0.15) is 0 Å². The lowest BCUT2D eigenvalue weighted by Crippen LogP contribution is -2.52. The number of fused-ring (bicyclic) bond motifs is 6. The summed E-state index contributed by atoms with van der Waals surface area (Å²) in [5.74, 6) is -0.898. The number of hydrogen-bond donors (Lipinski definition) is 1. The number of para-hydroxylation sites is 2. The quantitative estimate of drug-likeness (QED) is 0.586. The summed E-state index contributed by atoms with van der Waals surface area (Å²) in [5.41, 5.74) is -1.10. The van der Waals surface area contributed by atoms with E-state index in [1.807, 2.05) is 0 Å². The molecule has 0 radical (unpaired) electrons. The minimum absolute atomic E-state index is 0.0738. The van der Waals surface area contributed by atoms with E-state index in [-0.39, 0.29) is 17.9 Å². The lowest BCUT2D eigenvalue weighted by atomic mass is 9.88. The summed E-state index contributed by atoms with van der Waals surface area (Å²) in [6, 6.07) is 13.1. The predicted molar refractivity (Wildman–Crippen MR) is 113 cm³/mol. The molecule has 0 unspecified atom stereocenters. The van der Waals surface area contributed by atoms with Crippen LogP contribution >= 0.6 is 0 Å². The fourth-order valence-corrected chi connectivity index (χ4v) is 5.25. The third-order valence-electron chi connectivity index (χ3n) is 6.91. The van der Waals surface area contributed by atoms with E-state index in [1.54, 1.807) is 62.4 Å². The van der Waals surface area contributed by atoms with Gasteiger partial charge in [0.2, 0.25) is 0 Å². The van der Waals surface area contributed by atoms with Gasteiger partial charge in [0.15, 0.2) is 11.8 Å². The SMILES string of the molecule is CC1(C)C(=O)N2c3ccccc3[C@@]3(C[C@H](n4cnc5ccccc5c4=O)C(=O)O3)[C@@H]2N1O. The van der Waals surface area contributed by atoms with E-state index in [4.69, 9.17) is 4.74 Å². The highest BCUT2D eigenvalue weighted by Crippen LogP contribution is 2.58. The Kier molecular flexibility index (Phi) is 3.60. The molecule has 1 spiro atoms. The summed E-state index contributed by atoms with van der Waals surface area (Å²) in [7, 11) is 0. The monoisotopic (exact) mass is 432 g/mol. The highest BCUT2D eigenvalue weighted by molar-refractivity contribution is 6.05. The number of carbonyl (C=O) groups is 2. The van der Waals surface area contributed by atoms with Gasteiger partial charge >= 0.3 is 5.97 Å². The lowest BCUT2D eigenvalue weighted by Gasteiger charge is -2.35. The van der Waals surface area contributed by atoms with Gasteiger partial charge in [0.25, 0.3) is 11.5 Å². The Balaban J connectivity index is 1.52. The molecule has 162 valence electrons. The maximum Gasteiger partial charge on any atom is 0.330 e. The molecule has 3 aliphatic rings. The number of benzene rings is 2. The molecule has 9 nitrogen and oxygen atoms in total. The first kappa shape index (κ1) is 19.1. The van der Waals surface area contributed by atoms with Crippen molar-refractivity contribution in [3.63, 3.8) is 0 Å². The van der Waals surface area contributed by atoms with E-state index >= 15 is 0 Å². The van der Waals surface area contributed by atoms with Gasteiger partial charge in [0, 0.05) is 12.0 Å². The molecular weight excluding hydrogens is 412 g/mol. The van der Waals surface area contributed by atoms with Crippen molar-refractivity contribution in [3.8, 4) is 0 Å². The van der Waals surface area contributed by atoms with E-state index in [0.29, 0.717) is 22.2 Å². The zero-order valence-electron chi connectivity index (χ0n) is 17.4. The number of aromatic nitrogens is 2. The van der Waals surface area contributed by atoms with E-state index < -0.39 is 29.3 Å². The van der Waals surface area contributed by atoms with Crippen molar-refractivity contribution >= 4 is 28.5 Å². The van der Waals surface area contributed by atoms with Crippen LogP contribution in [-0.4, -0.2) is 43.4 Å². The maximum atomic E-state index is 13.2. The third-order valence-corrected chi connectivity index (χ3v) is 6.91. The van der Waals surface area contributed by atoms with Crippen molar-refractivity contribution in [2.24, 2.45) is 0 Å². The molecule has 4 heterocycles. The highest BCUT2D eigenvalue weighted by Gasteiger charge is 2.70. The van der Waals surface area contributed by atoms with Crippen LogP contribution in [0.1, 0.15) is 31.9 Å². The number of anilines is 1. The first-order chi connectivity index (χ1) is 15.3. The first-order valence-corrected chi connectivity index (χ1v) is 10.4. The van der Waals surface area contributed by atoms with Gasteiger partial charge in [-0.3, -0.25) is 19.1 Å². The Morgan fingerprint density at radius 3 is 2.59 bits per heavy atom. The molecule has 0 saturated carbocycles. The van der Waals surface area contributed by atoms with Crippen LogP contribution in [0.15, 0.2) is 59.7 Å². The number of esters is 1. The smallest absolute Gasteiger partial charge is 0.330 e. The fraction of sp³-hybridized carbons (Fsp3) is 0.304. The van der Waals surface area contributed by atoms with Crippen molar-refractivity contribution in [1.82, 2.24) is 14.6 Å². The second-order valence-corrected chi connectivity index (χ2v) is 8.97. The van der Waals surface area contributed by atoms with Gasteiger partial charge in [-0.25, -0.2) is 9.78 Å². The first-order valence-electron chi connectivity index (χ1n) is 10.4. The van der Waals surface area contributed by atoms with Gasteiger partial charge in [0.05, 0.1) is 22.9 Å². The molecular formula is C23H20N4O5. The molecule has 32 heavy (non-hydrogen) atoms. The van der Waals surface area contributed by atoms with Crippen LogP contribution < -0.4 is 10.5 Å². The van der Waals surface area contributed by atoms with E-state index in [9.17, 15) is 19.6 Å². The van der Waals surface area contributed by atoms with Crippen LogP contribution in [0.4, 0.5) is 5.69 Å². The minimum atomic E-state index is -1.32. The van der Waals surface area contributed by atoms with Crippen LogP contribution in [0.2, 0.25) is 0 Å². The second-order valence-electron chi connectivity index (χ2n) is 8.97. The molecule has 0 bridgehead atoms. The van der Waals surface area contributed by atoms with Crippen LogP contribution in [-0.2, 0) is 19.9 Å². The maximum absolute atomic E-state index is 13.2. The molecule has 9 heteroatoms. The molecule has 2 aromatic carbocycles. The topological polar surface area (TPSA) is 105 Å². The summed E-state index contributed by atoms with van der Waals surface area (Å²) in [5, 5.41) is 12.4. The molecule has 0 aliphatic carbocycles. The Morgan fingerprint density at radius 1 is 1.06 bits per heavy atom. The fourth-order valence-electron chi connectivity index (χ4n) is 5.25. The van der Waals surface area contributed by atoms with Crippen molar-refractivity contribution in [3.05, 3.63) is 70.8 Å². The average molecular weight is 432 g/mol. The number of nitrogens with zero attached hydrogens (tertiary/aromatic N) is 4. The van der Waals surface area contributed by atoms with Crippen molar-refractivity contribution in [2.45, 2.75) is 43.6 Å². The summed E-state index contributed by atoms with van der Waals surface area (Å²) in [6.07, 6.45) is 0.499. The number of hydrogen-bond acceptors (Lipinski definition) is 7. The van der Waals surface area contributed by atoms with Crippen LogP contribution in [0.25, 0.3) is 10.9 Å². The summed E-state index contributed by atoms with van der Waals surface area (Å²) >= 11 is 0. The third kappa shape index (κ3) is 2.14. The standard InChI is InChI=1S/C23H20N4O5/c1-22(2)21(30)26-16-10-6-4-8-14(16)23(20(26)27(22)31)11-17(19(29)32-23)25-12-24-15-9-5-3-7-13(15)18(25)28/h3-10,12,17,20,31H,11H2,1-2H3/t17-,20-,23-/m0/s1. The number of carbonyl (C=O) groups excluding carboxylic acids is 2. The molecule has 1 aromatic heterocycles. The molecule has 3 aliphatic heterocycles. The lowest BCUT2D eigenvalue weighted by molar-refractivity contribution is -0.209. The Bertz CT molecular complexity index is 1380. The van der Waals surface area contributed by atoms with Gasteiger partial charge in [-0.05, 0) is 32.0 Å².